The zero-order valence-electron chi connectivity index (χ0n) is 14.6. The van der Waals surface area contributed by atoms with Gasteiger partial charge in [-0.1, -0.05) is 0 Å². The van der Waals surface area contributed by atoms with Gasteiger partial charge in [0.15, 0.2) is 11.5 Å². The van der Waals surface area contributed by atoms with Gasteiger partial charge in [0.2, 0.25) is 22.7 Å². The molecule has 2 aliphatic heterocycles. The number of rotatable bonds is 5. The highest BCUT2D eigenvalue weighted by Gasteiger charge is 2.35. The minimum atomic E-state index is -3.71. The second-order valence-electron chi connectivity index (χ2n) is 6.25. The van der Waals surface area contributed by atoms with Crippen LogP contribution in [0.15, 0.2) is 17.0 Å². The molecule has 2 heterocycles. The van der Waals surface area contributed by atoms with Crippen LogP contribution in [0.25, 0.3) is 0 Å². The Bertz CT molecular complexity index is 771. The Morgan fingerprint density at radius 2 is 2.04 bits per heavy atom. The summed E-state index contributed by atoms with van der Waals surface area (Å²) in [6.07, 6.45) is 1.31. The van der Waals surface area contributed by atoms with E-state index in [9.17, 15) is 13.2 Å². The molecule has 0 radical (unpaired) electrons. The summed E-state index contributed by atoms with van der Waals surface area (Å²) in [4.78, 5) is 12.4. The first-order valence-electron chi connectivity index (χ1n) is 8.31. The Labute approximate surface area is 159 Å². The van der Waals surface area contributed by atoms with Crippen molar-refractivity contribution < 1.29 is 22.7 Å². The number of sulfonamides is 1. The number of benzene rings is 1. The lowest BCUT2D eigenvalue weighted by Crippen LogP contribution is -2.46. The number of amides is 1. The topological polar surface area (TPSA) is 111 Å². The Hall–Kier alpha value is -1.55. The van der Waals surface area contributed by atoms with E-state index in [1.807, 2.05) is 0 Å². The molecule has 1 unspecified atom stereocenters. The van der Waals surface area contributed by atoms with E-state index in [4.69, 9.17) is 15.2 Å². The van der Waals surface area contributed by atoms with E-state index in [1.54, 1.807) is 13.0 Å². The van der Waals surface area contributed by atoms with Crippen LogP contribution < -0.4 is 20.5 Å². The highest BCUT2D eigenvalue weighted by atomic mass is 35.5. The predicted octanol–water partition coefficient (Wildman–Crippen LogP) is 0.621. The monoisotopic (exact) mass is 405 g/mol. The predicted molar refractivity (Wildman–Crippen MR) is 98.1 cm³/mol. The minimum absolute atomic E-state index is 0. The van der Waals surface area contributed by atoms with Crippen molar-refractivity contribution in [1.29, 1.82) is 0 Å². The number of aryl methyl sites for hydroxylation is 1. The van der Waals surface area contributed by atoms with Crippen LogP contribution in [0.4, 0.5) is 0 Å². The van der Waals surface area contributed by atoms with Gasteiger partial charge in [0, 0.05) is 32.2 Å². The fourth-order valence-corrected chi connectivity index (χ4v) is 4.90. The summed E-state index contributed by atoms with van der Waals surface area (Å²) < 4.78 is 38.1. The van der Waals surface area contributed by atoms with Crippen LogP contribution in [-0.4, -0.2) is 51.6 Å². The number of ether oxygens (including phenoxy) is 2. The van der Waals surface area contributed by atoms with Gasteiger partial charge in [-0.3, -0.25) is 4.79 Å². The van der Waals surface area contributed by atoms with E-state index in [1.165, 1.54) is 10.4 Å². The summed E-state index contributed by atoms with van der Waals surface area (Å²) in [7, 11) is -3.71. The number of hydrogen-bond donors (Lipinski definition) is 2. The first-order valence-corrected chi connectivity index (χ1v) is 9.75. The first-order chi connectivity index (χ1) is 11.9. The maximum absolute atomic E-state index is 13.1. The molecular formula is C16H24ClN3O5S. The number of nitrogens with two attached hydrogens (primary N) is 1. The molecule has 146 valence electrons. The van der Waals surface area contributed by atoms with Crippen molar-refractivity contribution in [2.75, 3.05) is 33.0 Å². The Morgan fingerprint density at radius 3 is 2.73 bits per heavy atom. The Kier molecular flexibility index (Phi) is 6.73. The van der Waals surface area contributed by atoms with Gasteiger partial charge >= 0.3 is 0 Å². The molecule has 2 aliphatic rings. The molecule has 0 spiro atoms. The van der Waals surface area contributed by atoms with Gasteiger partial charge in [0.25, 0.3) is 0 Å². The van der Waals surface area contributed by atoms with Crippen LogP contribution in [0.5, 0.6) is 11.5 Å². The van der Waals surface area contributed by atoms with Crippen molar-refractivity contribution in [1.82, 2.24) is 9.62 Å². The van der Waals surface area contributed by atoms with Crippen LogP contribution in [0.1, 0.15) is 18.4 Å². The summed E-state index contributed by atoms with van der Waals surface area (Å²) in [5.74, 6) is 0.477. The second kappa shape index (κ2) is 8.43. The van der Waals surface area contributed by atoms with E-state index in [-0.39, 0.29) is 42.5 Å². The third kappa shape index (κ3) is 4.06. The van der Waals surface area contributed by atoms with Crippen LogP contribution in [-0.2, 0) is 14.8 Å². The van der Waals surface area contributed by atoms with E-state index >= 15 is 0 Å². The lowest BCUT2D eigenvalue weighted by atomic mass is 9.99. The molecule has 26 heavy (non-hydrogen) atoms. The summed E-state index contributed by atoms with van der Waals surface area (Å²) in [6, 6.07) is 3.18. The molecule has 0 saturated carbocycles. The molecule has 1 saturated heterocycles. The zero-order valence-corrected chi connectivity index (χ0v) is 16.2. The quantitative estimate of drug-likeness (QED) is 0.742. The van der Waals surface area contributed by atoms with Crippen LogP contribution in [0, 0.1) is 12.8 Å². The largest absolute Gasteiger partial charge is 0.454 e. The van der Waals surface area contributed by atoms with Crippen molar-refractivity contribution in [3.63, 3.8) is 0 Å². The van der Waals surface area contributed by atoms with Crippen LogP contribution in [0.3, 0.4) is 0 Å². The number of carbonyl (C=O) groups excluding carboxylic acids is 1. The molecule has 1 atom stereocenters. The number of carbonyl (C=O) groups is 1. The molecule has 10 heteroatoms. The van der Waals surface area contributed by atoms with Crippen molar-refractivity contribution in [3.05, 3.63) is 17.7 Å². The molecular weight excluding hydrogens is 382 g/mol. The zero-order chi connectivity index (χ0) is 18.0. The van der Waals surface area contributed by atoms with Crippen molar-refractivity contribution in [3.8, 4) is 11.5 Å². The normalized spacial score (nSPS) is 19.7. The maximum atomic E-state index is 13.1. The molecule has 0 aromatic heterocycles. The Balaban J connectivity index is 0.00000243. The molecule has 1 amide bonds. The average Bonchev–Trinajstić information content (AvgIpc) is 3.06. The number of piperidine rings is 1. The molecule has 3 N–H and O–H groups in total. The highest BCUT2D eigenvalue weighted by Crippen LogP contribution is 2.37. The number of halogens is 1. The minimum Gasteiger partial charge on any atom is -0.454 e. The molecule has 1 aromatic carbocycles. The molecule has 1 fully saturated rings. The molecule has 3 rings (SSSR count). The average molecular weight is 406 g/mol. The van der Waals surface area contributed by atoms with E-state index < -0.39 is 10.0 Å². The standard InChI is InChI=1S/C16H23N3O5S.ClH/c1-11-7-13-14(24-10-23-13)8-15(11)25(21,22)19-6-2-3-12(9-19)16(20)18-5-4-17;/h7-8,12H,2-6,9-10,17H2,1H3,(H,18,20);1H. The van der Waals surface area contributed by atoms with Gasteiger partial charge in [-0.15, -0.1) is 12.4 Å². The number of hydrogen-bond acceptors (Lipinski definition) is 6. The van der Waals surface area contributed by atoms with Gasteiger partial charge in [0.05, 0.1) is 10.8 Å². The maximum Gasteiger partial charge on any atom is 0.243 e. The highest BCUT2D eigenvalue weighted by molar-refractivity contribution is 7.89. The fourth-order valence-electron chi connectivity index (χ4n) is 3.16. The van der Waals surface area contributed by atoms with Crippen molar-refractivity contribution in [2.24, 2.45) is 11.7 Å². The summed E-state index contributed by atoms with van der Waals surface area (Å²) in [5.41, 5.74) is 5.99. The van der Waals surface area contributed by atoms with Crippen LogP contribution in [0.2, 0.25) is 0 Å². The number of nitrogens with one attached hydrogen (secondary N) is 1. The fraction of sp³-hybridized carbons (Fsp3) is 0.562. The van der Waals surface area contributed by atoms with Gasteiger partial charge < -0.3 is 20.5 Å². The van der Waals surface area contributed by atoms with Crippen molar-refractivity contribution >= 4 is 28.3 Å². The van der Waals surface area contributed by atoms with E-state index in [2.05, 4.69) is 5.32 Å². The second-order valence-corrected chi connectivity index (χ2v) is 8.16. The van der Waals surface area contributed by atoms with Gasteiger partial charge in [-0.2, -0.15) is 4.31 Å². The lowest BCUT2D eigenvalue weighted by molar-refractivity contribution is -0.126. The molecule has 8 nitrogen and oxygen atoms in total. The SMILES string of the molecule is Cc1cc2c(cc1S(=O)(=O)N1CCCC(C(=O)NCCN)C1)OCO2.Cl. The smallest absolute Gasteiger partial charge is 0.243 e. The first kappa shape index (κ1) is 20.8. The lowest BCUT2D eigenvalue weighted by Gasteiger charge is -2.31. The van der Waals surface area contributed by atoms with E-state index in [0.29, 0.717) is 49.5 Å². The van der Waals surface area contributed by atoms with Gasteiger partial charge in [-0.25, -0.2) is 8.42 Å². The molecule has 1 aromatic rings. The van der Waals surface area contributed by atoms with Gasteiger partial charge in [-0.05, 0) is 31.4 Å². The van der Waals surface area contributed by atoms with Crippen LogP contribution >= 0.6 is 12.4 Å². The summed E-state index contributed by atoms with van der Waals surface area (Å²) in [6.45, 7) is 3.14. The van der Waals surface area contributed by atoms with Crippen molar-refractivity contribution in [2.45, 2.75) is 24.7 Å². The summed E-state index contributed by atoms with van der Waals surface area (Å²) in [5, 5.41) is 2.74. The van der Waals surface area contributed by atoms with E-state index in [0.717, 1.165) is 0 Å². The third-order valence-corrected chi connectivity index (χ3v) is 6.49. The molecule has 0 aliphatic carbocycles. The molecule has 0 bridgehead atoms. The Morgan fingerprint density at radius 1 is 1.35 bits per heavy atom. The summed E-state index contributed by atoms with van der Waals surface area (Å²) >= 11 is 0. The number of nitrogens with zero attached hydrogens (tertiary/aromatic N) is 1. The third-order valence-electron chi connectivity index (χ3n) is 4.49. The van der Waals surface area contributed by atoms with Gasteiger partial charge in [0.1, 0.15) is 0 Å². The number of fused-ring (bicyclic) bond motifs is 1.